The minimum absolute atomic E-state index is 0.499. The lowest BCUT2D eigenvalue weighted by atomic mass is 10.2. The monoisotopic (exact) mass is 284 g/mol. The second-order valence-corrected chi connectivity index (χ2v) is 4.74. The van der Waals surface area contributed by atoms with E-state index in [4.69, 9.17) is 0 Å². The van der Waals surface area contributed by atoms with Gasteiger partial charge in [0.05, 0.1) is 5.56 Å². The summed E-state index contributed by atoms with van der Waals surface area (Å²) in [5, 5.41) is 0. The number of rotatable bonds is 2. The molecule has 0 aliphatic heterocycles. The summed E-state index contributed by atoms with van der Waals surface area (Å²) in [4.78, 5) is 0.834. The molecule has 0 aliphatic carbocycles. The van der Waals surface area contributed by atoms with Gasteiger partial charge in [0.2, 0.25) is 0 Å². The topological polar surface area (TPSA) is 0 Å². The Hall–Kier alpha value is -0.160. The van der Waals surface area contributed by atoms with Crippen LogP contribution < -0.4 is 0 Å². The van der Waals surface area contributed by atoms with Crippen molar-refractivity contribution in [3.63, 3.8) is 0 Å². The Kier molecular flexibility index (Phi) is 3.89. The summed E-state index contributed by atoms with van der Waals surface area (Å²) in [6.45, 7) is 1.95. The quantitative estimate of drug-likeness (QED) is 0.717. The van der Waals surface area contributed by atoms with E-state index in [9.17, 15) is 13.2 Å². The SMILES string of the molecule is CCSc1ccc(C(F)(F)F)cc1Br. The standard InChI is InChI=1S/C9H8BrF3S/c1-2-14-8-4-3-6(5-7(8)10)9(11,12)13/h3-5H,2H2,1H3. The van der Waals surface area contributed by atoms with Gasteiger partial charge in [0.15, 0.2) is 0 Å². The van der Waals surface area contributed by atoms with E-state index in [1.807, 2.05) is 6.92 Å². The number of thioether (sulfide) groups is 1. The largest absolute Gasteiger partial charge is 0.416 e. The van der Waals surface area contributed by atoms with Gasteiger partial charge in [0.1, 0.15) is 0 Å². The lowest BCUT2D eigenvalue weighted by molar-refractivity contribution is -0.137. The Morgan fingerprint density at radius 1 is 1.36 bits per heavy atom. The van der Waals surface area contributed by atoms with E-state index in [0.29, 0.717) is 4.47 Å². The molecule has 5 heteroatoms. The molecule has 0 heterocycles. The summed E-state index contributed by atoms with van der Waals surface area (Å²) in [5.41, 5.74) is -0.621. The van der Waals surface area contributed by atoms with Gasteiger partial charge >= 0.3 is 6.18 Å². The second kappa shape index (κ2) is 4.57. The van der Waals surface area contributed by atoms with E-state index in [2.05, 4.69) is 15.9 Å². The van der Waals surface area contributed by atoms with Crippen LogP contribution in [0.3, 0.4) is 0 Å². The molecule has 78 valence electrons. The summed E-state index contributed by atoms with van der Waals surface area (Å²) in [5.74, 6) is 0.837. The zero-order valence-corrected chi connectivity index (χ0v) is 9.76. The van der Waals surface area contributed by atoms with Crippen molar-refractivity contribution in [1.29, 1.82) is 0 Å². The lowest BCUT2D eigenvalue weighted by Gasteiger charge is -2.09. The van der Waals surface area contributed by atoms with Gasteiger partial charge in [-0.05, 0) is 39.9 Å². The Bertz CT molecular complexity index is 322. The van der Waals surface area contributed by atoms with E-state index >= 15 is 0 Å². The third-order valence-electron chi connectivity index (χ3n) is 1.56. The first kappa shape index (κ1) is 11.9. The van der Waals surface area contributed by atoms with Crippen LogP contribution in [0.25, 0.3) is 0 Å². The van der Waals surface area contributed by atoms with E-state index in [0.717, 1.165) is 22.8 Å². The first-order valence-electron chi connectivity index (χ1n) is 3.94. The lowest BCUT2D eigenvalue weighted by Crippen LogP contribution is -2.04. The van der Waals surface area contributed by atoms with Crippen molar-refractivity contribution in [3.05, 3.63) is 28.2 Å². The Balaban J connectivity index is 3.01. The smallest absolute Gasteiger partial charge is 0.166 e. The van der Waals surface area contributed by atoms with Crippen molar-refractivity contribution in [2.75, 3.05) is 5.75 Å². The molecule has 0 bridgehead atoms. The summed E-state index contributed by atoms with van der Waals surface area (Å²) >= 11 is 4.63. The van der Waals surface area contributed by atoms with Gasteiger partial charge in [0, 0.05) is 9.37 Å². The molecule has 0 radical (unpaired) electrons. The first-order chi connectivity index (χ1) is 6.45. The molecule has 0 saturated heterocycles. The molecule has 0 nitrogen and oxygen atoms in total. The molecule has 0 aliphatic rings. The first-order valence-corrected chi connectivity index (χ1v) is 5.72. The van der Waals surface area contributed by atoms with Crippen LogP contribution in [0.15, 0.2) is 27.6 Å². The highest BCUT2D eigenvalue weighted by molar-refractivity contribution is 9.10. The molecule has 0 saturated carbocycles. The Morgan fingerprint density at radius 3 is 2.43 bits per heavy atom. The molecule has 1 aromatic carbocycles. The normalized spacial score (nSPS) is 11.8. The van der Waals surface area contributed by atoms with Gasteiger partial charge in [-0.15, -0.1) is 11.8 Å². The third kappa shape index (κ3) is 2.92. The average molecular weight is 285 g/mol. The molecule has 0 fully saturated rings. The molecule has 0 amide bonds. The van der Waals surface area contributed by atoms with Gasteiger partial charge in [0.25, 0.3) is 0 Å². The van der Waals surface area contributed by atoms with Gasteiger partial charge in [-0.3, -0.25) is 0 Å². The van der Waals surface area contributed by atoms with E-state index in [1.165, 1.54) is 17.8 Å². The molecule has 1 rings (SSSR count). The van der Waals surface area contributed by atoms with Gasteiger partial charge in [-0.2, -0.15) is 13.2 Å². The maximum absolute atomic E-state index is 12.3. The fraction of sp³-hybridized carbons (Fsp3) is 0.333. The number of hydrogen-bond acceptors (Lipinski definition) is 1. The fourth-order valence-corrected chi connectivity index (χ4v) is 2.34. The molecule has 0 aromatic heterocycles. The van der Waals surface area contributed by atoms with Crippen molar-refractivity contribution in [1.82, 2.24) is 0 Å². The van der Waals surface area contributed by atoms with Crippen LogP contribution in [0.5, 0.6) is 0 Å². The molecule has 0 atom stereocenters. The van der Waals surface area contributed by atoms with E-state index in [1.54, 1.807) is 0 Å². The minimum Gasteiger partial charge on any atom is -0.166 e. The maximum Gasteiger partial charge on any atom is 0.416 e. The highest BCUT2D eigenvalue weighted by Gasteiger charge is 2.30. The molecular formula is C9H8BrF3S. The second-order valence-electron chi connectivity index (χ2n) is 2.58. The summed E-state index contributed by atoms with van der Waals surface area (Å²) < 4.78 is 37.3. The molecule has 1 aromatic rings. The summed E-state index contributed by atoms with van der Waals surface area (Å²) in [7, 11) is 0. The highest BCUT2D eigenvalue weighted by atomic mass is 79.9. The molecule has 0 spiro atoms. The summed E-state index contributed by atoms with van der Waals surface area (Å²) in [6, 6.07) is 3.70. The number of hydrogen-bond donors (Lipinski definition) is 0. The molecule has 0 N–H and O–H groups in total. The van der Waals surface area contributed by atoms with Crippen LogP contribution in [-0.2, 0) is 6.18 Å². The van der Waals surface area contributed by atoms with E-state index < -0.39 is 11.7 Å². The number of alkyl halides is 3. The van der Waals surface area contributed by atoms with Crippen molar-refractivity contribution in [2.24, 2.45) is 0 Å². The predicted molar refractivity (Wildman–Crippen MR) is 55.5 cm³/mol. The van der Waals surface area contributed by atoms with Crippen molar-refractivity contribution >= 4 is 27.7 Å². The number of halogens is 4. The van der Waals surface area contributed by atoms with Crippen LogP contribution in [0.4, 0.5) is 13.2 Å². The van der Waals surface area contributed by atoms with Gasteiger partial charge < -0.3 is 0 Å². The molecule has 0 unspecified atom stereocenters. The van der Waals surface area contributed by atoms with Crippen LogP contribution in [0.1, 0.15) is 12.5 Å². The van der Waals surface area contributed by atoms with Crippen molar-refractivity contribution < 1.29 is 13.2 Å². The van der Waals surface area contributed by atoms with Crippen LogP contribution >= 0.6 is 27.7 Å². The minimum atomic E-state index is -4.27. The maximum atomic E-state index is 12.3. The van der Waals surface area contributed by atoms with Crippen LogP contribution in [-0.4, -0.2) is 5.75 Å². The molecule has 14 heavy (non-hydrogen) atoms. The zero-order chi connectivity index (χ0) is 10.8. The molecular weight excluding hydrogens is 277 g/mol. The van der Waals surface area contributed by atoms with Crippen LogP contribution in [0.2, 0.25) is 0 Å². The van der Waals surface area contributed by atoms with Crippen molar-refractivity contribution in [2.45, 2.75) is 18.0 Å². The van der Waals surface area contributed by atoms with Crippen molar-refractivity contribution in [3.8, 4) is 0 Å². The number of benzene rings is 1. The zero-order valence-electron chi connectivity index (χ0n) is 7.36. The summed E-state index contributed by atoms with van der Waals surface area (Å²) in [6.07, 6.45) is -4.27. The average Bonchev–Trinajstić information content (AvgIpc) is 2.07. The van der Waals surface area contributed by atoms with E-state index in [-0.39, 0.29) is 0 Å². The fourth-order valence-electron chi connectivity index (χ4n) is 0.950. The predicted octanol–water partition coefficient (Wildman–Crippen LogP) is 4.58. The Labute approximate surface area is 93.0 Å². The van der Waals surface area contributed by atoms with Gasteiger partial charge in [-0.25, -0.2) is 0 Å². The third-order valence-corrected chi connectivity index (χ3v) is 3.43. The Morgan fingerprint density at radius 2 is 2.00 bits per heavy atom. The van der Waals surface area contributed by atoms with Crippen LogP contribution in [0, 0.1) is 0 Å². The highest BCUT2D eigenvalue weighted by Crippen LogP contribution is 2.35. The van der Waals surface area contributed by atoms with Gasteiger partial charge in [-0.1, -0.05) is 6.92 Å².